The number of ether oxygens (including phenoxy) is 1. The highest BCUT2D eigenvalue weighted by atomic mass is 32.2. The first-order valence-corrected chi connectivity index (χ1v) is 7.67. The van der Waals surface area contributed by atoms with Crippen LogP contribution in [-0.2, 0) is 31.9 Å². The monoisotopic (exact) mass is 354 g/mol. The highest BCUT2D eigenvalue weighted by Crippen LogP contribution is 2.33. The molecule has 0 aliphatic heterocycles. The molecule has 0 radical (unpaired) electrons. The van der Waals surface area contributed by atoms with Crippen LogP contribution in [0.15, 0.2) is 36.4 Å². The molecule has 2 aromatic rings. The topological polar surface area (TPSA) is 65.0 Å². The predicted molar refractivity (Wildman–Crippen MR) is 83.8 cm³/mol. The van der Waals surface area contributed by atoms with Crippen LogP contribution in [0.5, 0.6) is 0 Å². The lowest BCUT2D eigenvalue weighted by Crippen LogP contribution is -2.27. The maximum absolute atomic E-state index is 13.3. The molecule has 0 saturated carbocycles. The highest BCUT2D eigenvalue weighted by Gasteiger charge is 2.44. The Labute approximate surface area is 139 Å². The van der Waals surface area contributed by atoms with Crippen molar-refractivity contribution in [3.8, 4) is 0 Å². The molecule has 1 aliphatic rings. The van der Waals surface area contributed by atoms with E-state index in [9.17, 15) is 13.6 Å². The van der Waals surface area contributed by atoms with Crippen molar-refractivity contribution < 1.29 is 32.9 Å². The highest BCUT2D eigenvalue weighted by molar-refractivity contribution is 7.96. The summed E-state index contributed by atoms with van der Waals surface area (Å²) in [5, 5.41) is 9.00. The zero-order chi connectivity index (χ0) is 17.2. The van der Waals surface area contributed by atoms with Crippen molar-refractivity contribution in [2.75, 3.05) is 0 Å². The normalized spacial score (nSPS) is 13.3. The average molecular weight is 354 g/mol. The zero-order valence-corrected chi connectivity index (χ0v) is 13.0. The number of esters is 1. The number of allylic oxidation sites excluding steroid dienone is 1. The number of hydrogen-bond donors (Lipinski definition) is 1. The van der Waals surface area contributed by atoms with E-state index in [4.69, 9.17) is 5.26 Å². The van der Waals surface area contributed by atoms with Gasteiger partial charge < -0.3 is 4.74 Å². The van der Waals surface area contributed by atoms with Crippen molar-refractivity contribution in [1.82, 2.24) is 0 Å². The van der Waals surface area contributed by atoms with Gasteiger partial charge in [0.25, 0.3) is 0 Å². The Kier molecular flexibility index (Phi) is 4.81. The largest absolute Gasteiger partial charge is 0.456 e. The van der Waals surface area contributed by atoms with Crippen LogP contribution in [0.3, 0.4) is 0 Å². The van der Waals surface area contributed by atoms with Crippen LogP contribution in [-0.4, -0.2) is 16.5 Å². The van der Waals surface area contributed by atoms with Gasteiger partial charge in [-0.1, -0.05) is 35.4 Å². The van der Waals surface area contributed by atoms with Crippen LogP contribution < -0.4 is 0 Å². The van der Waals surface area contributed by atoms with Gasteiger partial charge in [-0.3, -0.25) is 0 Å². The number of benzene rings is 2. The fraction of sp³-hybridized carbons (Fsp3) is 0.188. The fourth-order valence-electron chi connectivity index (χ4n) is 2.63. The van der Waals surface area contributed by atoms with Gasteiger partial charge in [0.05, 0.1) is 0 Å². The molecular formula is C16H12F2O5S. The Morgan fingerprint density at radius 2 is 2.17 bits per heavy atom. The first kappa shape index (κ1) is 16.8. The van der Waals surface area contributed by atoms with Crippen molar-refractivity contribution in [2.45, 2.75) is 18.3 Å². The van der Waals surface area contributed by atoms with Crippen LogP contribution in [0.4, 0.5) is 8.78 Å². The van der Waals surface area contributed by atoms with E-state index >= 15 is 0 Å². The molecule has 0 bridgehead atoms. The molecule has 5 nitrogen and oxygen atoms in total. The first-order valence-electron chi connectivity index (χ1n) is 6.93. The van der Waals surface area contributed by atoms with E-state index < -0.39 is 23.3 Å². The van der Waals surface area contributed by atoms with Crippen molar-refractivity contribution in [3.05, 3.63) is 53.1 Å². The maximum Gasteiger partial charge on any atom is 0.415 e. The molecule has 126 valence electrons. The van der Waals surface area contributed by atoms with Gasteiger partial charge in [-0.05, 0) is 46.0 Å². The second-order valence-electron chi connectivity index (χ2n) is 5.13. The summed E-state index contributed by atoms with van der Waals surface area (Å²) < 4.78 is 34.9. The van der Waals surface area contributed by atoms with E-state index in [1.54, 1.807) is 12.1 Å². The van der Waals surface area contributed by atoms with E-state index in [0.717, 1.165) is 22.8 Å². The molecule has 0 unspecified atom stereocenters. The van der Waals surface area contributed by atoms with Gasteiger partial charge in [-0.15, -0.1) is 4.33 Å². The first-order chi connectivity index (χ1) is 11.5. The summed E-state index contributed by atoms with van der Waals surface area (Å²) in [6.07, 6.45) is 4.82. The van der Waals surface area contributed by atoms with E-state index in [-0.39, 0.29) is 6.61 Å². The Balaban J connectivity index is 1.77. The van der Waals surface area contributed by atoms with Crippen molar-refractivity contribution in [3.63, 3.8) is 0 Å². The number of rotatable bonds is 6. The van der Waals surface area contributed by atoms with Gasteiger partial charge in [0, 0.05) is 0 Å². The molecule has 0 amide bonds. The minimum absolute atomic E-state index is 0.310. The maximum atomic E-state index is 13.3. The summed E-state index contributed by atoms with van der Waals surface area (Å²) in [6, 6.07) is 9.48. The third-order valence-corrected chi connectivity index (χ3v) is 4.07. The van der Waals surface area contributed by atoms with Gasteiger partial charge in [0.1, 0.15) is 18.6 Å². The third-order valence-electron chi connectivity index (χ3n) is 3.57. The summed E-state index contributed by atoms with van der Waals surface area (Å²) in [4.78, 5) is 11.4. The smallest absolute Gasteiger partial charge is 0.415 e. The average Bonchev–Trinajstić information content (AvgIpc) is 2.58. The Bertz CT molecular complexity index is 806. The second-order valence-corrected chi connectivity index (χ2v) is 5.94. The lowest BCUT2D eigenvalue weighted by atomic mass is 9.91. The Morgan fingerprint density at radius 3 is 2.96 bits per heavy atom. The molecule has 1 aliphatic carbocycles. The summed E-state index contributed by atoms with van der Waals surface area (Å²) in [6.45, 7) is -0.310. The van der Waals surface area contributed by atoms with E-state index in [2.05, 4.69) is 14.1 Å². The molecule has 0 fully saturated rings. The van der Waals surface area contributed by atoms with Crippen LogP contribution in [0.2, 0.25) is 0 Å². The number of carbonyl (C=O) groups excluding carboxylic acids is 1. The zero-order valence-electron chi connectivity index (χ0n) is 12.2. The minimum atomic E-state index is -4.00. The molecule has 2 aromatic carbocycles. The molecule has 0 aromatic heterocycles. The Hall–Kier alpha value is -2.00. The number of halogens is 2. The lowest BCUT2D eigenvalue weighted by Gasteiger charge is -2.16. The summed E-state index contributed by atoms with van der Waals surface area (Å²) >= 11 is -0.648. The number of alkyl halides is 2. The van der Waals surface area contributed by atoms with Crippen molar-refractivity contribution in [1.29, 1.82) is 0 Å². The molecule has 8 heteroatoms. The van der Waals surface area contributed by atoms with Gasteiger partial charge in [0.2, 0.25) is 0 Å². The van der Waals surface area contributed by atoms with Crippen LogP contribution in [0.1, 0.15) is 16.7 Å². The Morgan fingerprint density at radius 1 is 1.33 bits per heavy atom. The van der Waals surface area contributed by atoms with Crippen molar-refractivity contribution >= 4 is 34.9 Å². The lowest BCUT2D eigenvalue weighted by molar-refractivity contribution is -0.433. The second kappa shape index (κ2) is 6.86. The fourth-order valence-corrected chi connectivity index (χ4v) is 2.87. The number of hydrogen-bond acceptors (Lipinski definition) is 6. The van der Waals surface area contributed by atoms with Crippen LogP contribution in [0, 0.1) is 0 Å². The van der Waals surface area contributed by atoms with Crippen molar-refractivity contribution in [2.24, 2.45) is 0 Å². The summed E-state index contributed by atoms with van der Waals surface area (Å²) in [5.74, 6) is -1.79. The van der Waals surface area contributed by atoms with E-state index in [1.165, 1.54) is 5.56 Å². The summed E-state index contributed by atoms with van der Waals surface area (Å²) in [7, 11) is 0. The molecule has 1 N–H and O–H groups in total. The van der Waals surface area contributed by atoms with Crippen LogP contribution in [0.25, 0.3) is 16.8 Å². The van der Waals surface area contributed by atoms with Crippen LogP contribution >= 0.6 is 12.0 Å². The molecule has 0 atom stereocenters. The third kappa shape index (κ3) is 3.41. The van der Waals surface area contributed by atoms with Gasteiger partial charge in [-0.25, -0.2) is 10.1 Å². The molecule has 24 heavy (non-hydrogen) atoms. The van der Waals surface area contributed by atoms with E-state index in [0.29, 0.717) is 5.56 Å². The minimum Gasteiger partial charge on any atom is -0.456 e. The SMILES string of the molecule is O=C(OCc1cc2c3c(cccc3c1)CC=C2)C(F)(F)SOOO. The van der Waals surface area contributed by atoms with Gasteiger partial charge in [0.15, 0.2) is 0 Å². The van der Waals surface area contributed by atoms with Gasteiger partial charge in [-0.2, -0.15) is 8.78 Å². The molecule has 0 spiro atoms. The van der Waals surface area contributed by atoms with E-state index in [1.807, 2.05) is 30.4 Å². The molecule has 3 rings (SSSR count). The quantitative estimate of drug-likeness (QED) is 0.364. The summed E-state index contributed by atoms with van der Waals surface area (Å²) in [5.41, 5.74) is 2.74. The standard InChI is InChI=1S/C16H12F2O5S/c17-16(18,24-23-22-20)15(19)21-9-10-7-12-5-1-3-11-4-2-6-13(8-10)14(11)12/h1-3,5-8,20H,4,9H2. The predicted octanol–water partition coefficient (Wildman–Crippen LogP) is 4.11. The van der Waals surface area contributed by atoms with Gasteiger partial charge >= 0.3 is 11.2 Å². The molecule has 0 saturated heterocycles. The number of carbonyl (C=O) groups is 1. The molecule has 0 heterocycles. The molecular weight excluding hydrogens is 342 g/mol.